The van der Waals surface area contributed by atoms with E-state index in [1.54, 1.807) is 6.07 Å². The van der Waals surface area contributed by atoms with Crippen molar-refractivity contribution in [3.05, 3.63) is 28.8 Å². The van der Waals surface area contributed by atoms with Gasteiger partial charge in [0, 0.05) is 13.1 Å². The summed E-state index contributed by atoms with van der Waals surface area (Å²) in [5.74, 6) is 0.00171. The number of unbranched alkanes of at least 4 members (excludes halogenated alkanes) is 1. The van der Waals surface area contributed by atoms with Crippen molar-refractivity contribution in [3.8, 4) is 0 Å². The number of carbonyl (C=O) groups excluding carboxylic acids is 1. The number of hydrogen-bond acceptors (Lipinski definition) is 3. The maximum Gasteiger partial charge on any atom is 0.238 e. The third-order valence-corrected chi connectivity index (χ3v) is 4.62. The predicted octanol–water partition coefficient (Wildman–Crippen LogP) is 4.03. The van der Waals surface area contributed by atoms with Gasteiger partial charge in [-0.05, 0) is 44.6 Å². The second-order valence-corrected chi connectivity index (χ2v) is 6.54. The summed E-state index contributed by atoms with van der Waals surface area (Å²) in [6.45, 7) is 13.8. The van der Waals surface area contributed by atoms with E-state index in [0.29, 0.717) is 11.6 Å². The summed E-state index contributed by atoms with van der Waals surface area (Å²) < 4.78 is 0. The standard InChI is InChI=1S/C19H32ClN3O/c1-5-8-12-23(14-13-22(6-2)7-3)15-18(24)21-19-16(4)10-9-11-17(19)20/h9-11H,5-8,12-15H2,1-4H3,(H,21,24). The minimum absolute atomic E-state index is 0.00171. The molecule has 1 N–H and O–H groups in total. The lowest BCUT2D eigenvalue weighted by Gasteiger charge is -2.26. The summed E-state index contributed by atoms with van der Waals surface area (Å²) in [7, 11) is 0. The van der Waals surface area contributed by atoms with Crippen LogP contribution >= 0.6 is 11.6 Å². The minimum atomic E-state index is 0.00171. The highest BCUT2D eigenvalue weighted by Crippen LogP contribution is 2.25. The van der Waals surface area contributed by atoms with Crippen molar-refractivity contribution in [3.63, 3.8) is 0 Å². The Morgan fingerprint density at radius 2 is 1.75 bits per heavy atom. The summed E-state index contributed by atoms with van der Waals surface area (Å²) in [4.78, 5) is 17.1. The summed E-state index contributed by atoms with van der Waals surface area (Å²) in [6.07, 6.45) is 2.24. The smallest absolute Gasteiger partial charge is 0.238 e. The second kappa shape index (κ2) is 11.5. The molecular formula is C19H32ClN3O. The van der Waals surface area contributed by atoms with Gasteiger partial charge in [0.05, 0.1) is 17.3 Å². The number of likely N-dealkylation sites (N-methyl/N-ethyl adjacent to an activating group) is 1. The number of nitrogens with zero attached hydrogens (tertiary/aromatic N) is 2. The van der Waals surface area contributed by atoms with Crippen molar-refractivity contribution in [2.75, 3.05) is 44.6 Å². The molecule has 5 heteroatoms. The fourth-order valence-electron chi connectivity index (χ4n) is 2.65. The molecule has 0 aromatic heterocycles. The lowest BCUT2D eigenvalue weighted by molar-refractivity contribution is -0.117. The molecule has 0 atom stereocenters. The molecule has 0 aliphatic rings. The molecule has 0 fully saturated rings. The van der Waals surface area contributed by atoms with Crippen LogP contribution in [0.25, 0.3) is 0 Å². The van der Waals surface area contributed by atoms with Gasteiger partial charge in [-0.1, -0.05) is 50.9 Å². The first kappa shape index (κ1) is 20.9. The highest BCUT2D eigenvalue weighted by molar-refractivity contribution is 6.33. The highest BCUT2D eigenvalue weighted by atomic mass is 35.5. The summed E-state index contributed by atoms with van der Waals surface area (Å²) >= 11 is 6.20. The van der Waals surface area contributed by atoms with Crippen molar-refractivity contribution in [1.82, 2.24) is 9.80 Å². The topological polar surface area (TPSA) is 35.6 Å². The van der Waals surface area contributed by atoms with Gasteiger partial charge in [0.15, 0.2) is 0 Å². The van der Waals surface area contributed by atoms with E-state index in [1.165, 1.54) is 0 Å². The monoisotopic (exact) mass is 353 g/mol. The number of rotatable bonds is 11. The molecule has 0 aliphatic carbocycles. The Bertz CT molecular complexity index is 483. The molecule has 1 aromatic rings. The highest BCUT2D eigenvalue weighted by Gasteiger charge is 2.14. The van der Waals surface area contributed by atoms with Gasteiger partial charge < -0.3 is 10.2 Å². The molecule has 0 unspecified atom stereocenters. The van der Waals surface area contributed by atoms with Crippen LogP contribution in [-0.4, -0.2) is 55.0 Å². The van der Waals surface area contributed by atoms with Crippen LogP contribution in [0.5, 0.6) is 0 Å². The first-order chi connectivity index (χ1) is 11.5. The molecule has 136 valence electrons. The summed E-state index contributed by atoms with van der Waals surface area (Å²) in [6, 6.07) is 5.65. The van der Waals surface area contributed by atoms with E-state index in [-0.39, 0.29) is 5.91 Å². The van der Waals surface area contributed by atoms with E-state index in [1.807, 2.05) is 19.1 Å². The quantitative estimate of drug-likeness (QED) is 0.652. The van der Waals surface area contributed by atoms with Crippen LogP contribution in [0, 0.1) is 6.92 Å². The van der Waals surface area contributed by atoms with E-state index < -0.39 is 0 Å². The van der Waals surface area contributed by atoms with Crippen LogP contribution < -0.4 is 5.32 Å². The molecular weight excluding hydrogens is 322 g/mol. The lowest BCUT2D eigenvalue weighted by atomic mass is 10.2. The van der Waals surface area contributed by atoms with Crippen LogP contribution in [0.2, 0.25) is 5.02 Å². The van der Waals surface area contributed by atoms with E-state index in [4.69, 9.17) is 11.6 Å². The zero-order valence-corrected chi connectivity index (χ0v) is 16.3. The SMILES string of the molecule is CCCCN(CCN(CC)CC)CC(=O)Nc1c(C)cccc1Cl. The Kier molecular flexibility index (Phi) is 9.99. The second-order valence-electron chi connectivity index (χ2n) is 6.14. The molecule has 24 heavy (non-hydrogen) atoms. The fourth-order valence-corrected chi connectivity index (χ4v) is 2.92. The van der Waals surface area contributed by atoms with Crippen LogP contribution in [0.3, 0.4) is 0 Å². The van der Waals surface area contributed by atoms with Crippen LogP contribution in [-0.2, 0) is 4.79 Å². The van der Waals surface area contributed by atoms with Gasteiger partial charge in [0.1, 0.15) is 0 Å². The van der Waals surface area contributed by atoms with Gasteiger partial charge >= 0.3 is 0 Å². The van der Waals surface area contributed by atoms with Gasteiger partial charge in [-0.15, -0.1) is 0 Å². The summed E-state index contributed by atoms with van der Waals surface area (Å²) in [5.41, 5.74) is 1.71. The third-order valence-electron chi connectivity index (χ3n) is 4.31. The molecule has 1 amide bonds. The minimum Gasteiger partial charge on any atom is -0.323 e. The number of para-hydroxylation sites is 1. The van der Waals surface area contributed by atoms with Gasteiger partial charge in [0.2, 0.25) is 5.91 Å². The maximum absolute atomic E-state index is 12.4. The average Bonchev–Trinajstić information content (AvgIpc) is 2.56. The van der Waals surface area contributed by atoms with E-state index in [2.05, 4.69) is 35.9 Å². The number of amides is 1. The molecule has 4 nitrogen and oxygen atoms in total. The normalized spacial score (nSPS) is 11.3. The number of benzene rings is 1. The Morgan fingerprint density at radius 1 is 1.08 bits per heavy atom. The zero-order chi connectivity index (χ0) is 17.9. The molecule has 0 bridgehead atoms. The molecule has 1 aromatic carbocycles. The van der Waals surface area contributed by atoms with Gasteiger partial charge in [-0.3, -0.25) is 9.69 Å². The van der Waals surface area contributed by atoms with Gasteiger partial charge in [-0.2, -0.15) is 0 Å². The molecule has 0 saturated carbocycles. The largest absolute Gasteiger partial charge is 0.323 e. The average molecular weight is 354 g/mol. The van der Waals surface area contributed by atoms with Gasteiger partial charge in [0.25, 0.3) is 0 Å². The number of aryl methyl sites for hydroxylation is 1. The number of anilines is 1. The van der Waals surface area contributed by atoms with E-state index in [9.17, 15) is 4.79 Å². The van der Waals surface area contributed by atoms with Crippen LogP contribution in [0.1, 0.15) is 39.2 Å². The Hall–Kier alpha value is -1.10. The van der Waals surface area contributed by atoms with Crippen molar-refractivity contribution in [2.45, 2.75) is 40.5 Å². The zero-order valence-electron chi connectivity index (χ0n) is 15.6. The lowest BCUT2D eigenvalue weighted by Crippen LogP contribution is -2.40. The summed E-state index contributed by atoms with van der Waals surface area (Å²) in [5, 5.41) is 3.56. The molecule has 0 spiro atoms. The Balaban J connectivity index is 2.62. The predicted molar refractivity (Wildman–Crippen MR) is 104 cm³/mol. The molecule has 0 radical (unpaired) electrons. The number of carbonyl (C=O) groups is 1. The molecule has 0 aliphatic heterocycles. The molecule has 0 heterocycles. The fraction of sp³-hybridized carbons (Fsp3) is 0.632. The van der Waals surface area contributed by atoms with Gasteiger partial charge in [-0.25, -0.2) is 0 Å². The first-order valence-corrected chi connectivity index (χ1v) is 9.39. The van der Waals surface area contributed by atoms with Crippen molar-refractivity contribution in [1.29, 1.82) is 0 Å². The van der Waals surface area contributed by atoms with E-state index >= 15 is 0 Å². The molecule has 1 rings (SSSR count). The van der Waals surface area contributed by atoms with Crippen molar-refractivity contribution < 1.29 is 4.79 Å². The van der Waals surface area contributed by atoms with Crippen LogP contribution in [0.15, 0.2) is 18.2 Å². The molecule has 0 saturated heterocycles. The van der Waals surface area contributed by atoms with Crippen LogP contribution in [0.4, 0.5) is 5.69 Å². The number of halogens is 1. The first-order valence-electron chi connectivity index (χ1n) is 9.01. The third kappa shape index (κ3) is 7.20. The Morgan fingerprint density at radius 3 is 2.33 bits per heavy atom. The van der Waals surface area contributed by atoms with Crippen molar-refractivity contribution in [2.24, 2.45) is 0 Å². The number of hydrogen-bond donors (Lipinski definition) is 1. The Labute approximate surface area is 152 Å². The van der Waals surface area contributed by atoms with E-state index in [0.717, 1.165) is 56.8 Å². The maximum atomic E-state index is 12.4. The number of nitrogens with one attached hydrogen (secondary N) is 1. The van der Waals surface area contributed by atoms with Crippen molar-refractivity contribution >= 4 is 23.2 Å².